The number of hydrogen-bond acceptors (Lipinski definition) is 3. The van der Waals surface area contributed by atoms with Crippen molar-refractivity contribution >= 4 is 5.71 Å². The van der Waals surface area contributed by atoms with Gasteiger partial charge in [0, 0.05) is 0 Å². The Morgan fingerprint density at radius 2 is 2.18 bits per heavy atom. The molecule has 0 aromatic carbocycles. The van der Waals surface area contributed by atoms with Crippen molar-refractivity contribution in [2.24, 2.45) is 5.10 Å². The van der Waals surface area contributed by atoms with Crippen molar-refractivity contribution in [3.8, 4) is 0 Å². The third kappa shape index (κ3) is 1.45. The maximum Gasteiger partial charge on any atom is 0.278 e. The van der Waals surface area contributed by atoms with Crippen LogP contribution in [0.5, 0.6) is 0 Å². The molecule has 1 heterocycles. The van der Waals surface area contributed by atoms with Gasteiger partial charge in [0.1, 0.15) is 5.71 Å². The molecular formula is C7H11N2O2. The van der Waals surface area contributed by atoms with E-state index in [4.69, 9.17) is 9.47 Å². The molecule has 0 fully saturated rings. The summed E-state index contributed by atoms with van der Waals surface area (Å²) in [6.45, 7) is 4.30. The van der Waals surface area contributed by atoms with Gasteiger partial charge in [-0.1, -0.05) is 0 Å². The Bertz CT molecular complexity index is 208. The van der Waals surface area contributed by atoms with Crippen molar-refractivity contribution in [3.63, 3.8) is 0 Å². The summed E-state index contributed by atoms with van der Waals surface area (Å²) in [4.78, 5) is 0. The molecule has 0 saturated carbocycles. The van der Waals surface area contributed by atoms with Crippen LogP contribution in [0.4, 0.5) is 0 Å². The highest BCUT2D eigenvalue weighted by atomic mass is 16.5. The zero-order valence-electron chi connectivity index (χ0n) is 6.92. The lowest BCUT2D eigenvalue weighted by Gasteiger charge is -2.03. The summed E-state index contributed by atoms with van der Waals surface area (Å²) in [6, 6.07) is 0. The van der Waals surface area contributed by atoms with Crippen LogP contribution in [0.2, 0.25) is 0 Å². The fourth-order valence-electron chi connectivity index (χ4n) is 0.832. The predicted molar refractivity (Wildman–Crippen MR) is 40.9 cm³/mol. The van der Waals surface area contributed by atoms with Gasteiger partial charge >= 0.3 is 0 Å². The van der Waals surface area contributed by atoms with Crippen LogP contribution in [-0.4, -0.2) is 19.4 Å². The molecule has 0 atom stereocenters. The Hall–Kier alpha value is -1.19. The molecule has 61 valence electrons. The quantitative estimate of drug-likeness (QED) is 0.606. The van der Waals surface area contributed by atoms with E-state index in [1.807, 2.05) is 13.8 Å². The Morgan fingerprint density at radius 1 is 1.45 bits per heavy atom. The molecule has 1 aliphatic heterocycles. The predicted octanol–water partition coefficient (Wildman–Crippen LogP) is 0.832. The van der Waals surface area contributed by atoms with Gasteiger partial charge in [-0.25, -0.2) is 0 Å². The minimum atomic E-state index is 0.479. The summed E-state index contributed by atoms with van der Waals surface area (Å²) in [5.41, 5.74) is 4.54. The van der Waals surface area contributed by atoms with Crippen molar-refractivity contribution in [1.82, 2.24) is 5.43 Å². The lowest BCUT2D eigenvalue weighted by molar-refractivity contribution is 0.181. The van der Waals surface area contributed by atoms with Crippen molar-refractivity contribution in [2.75, 3.05) is 13.7 Å². The molecule has 11 heavy (non-hydrogen) atoms. The van der Waals surface area contributed by atoms with Gasteiger partial charge in [-0.05, 0) is 13.8 Å². The second-order valence-corrected chi connectivity index (χ2v) is 2.06. The molecule has 0 aromatic rings. The van der Waals surface area contributed by atoms with Crippen LogP contribution in [0.1, 0.15) is 13.8 Å². The van der Waals surface area contributed by atoms with E-state index in [1.165, 1.54) is 0 Å². The first-order chi connectivity index (χ1) is 5.29. The van der Waals surface area contributed by atoms with Gasteiger partial charge in [-0.15, -0.1) is 10.5 Å². The highest BCUT2D eigenvalue weighted by Crippen LogP contribution is 2.13. The van der Waals surface area contributed by atoms with Crippen LogP contribution in [0, 0.1) is 0 Å². The van der Waals surface area contributed by atoms with Gasteiger partial charge in [-0.2, -0.15) is 0 Å². The van der Waals surface area contributed by atoms with E-state index < -0.39 is 0 Å². The third-order valence-electron chi connectivity index (χ3n) is 1.30. The van der Waals surface area contributed by atoms with E-state index in [9.17, 15) is 0 Å². The number of rotatable bonds is 3. The van der Waals surface area contributed by atoms with E-state index in [0.29, 0.717) is 18.2 Å². The average Bonchev–Trinajstić information content (AvgIpc) is 2.33. The van der Waals surface area contributed by atoms with E-state index in [-0.39, 0.29) is 0 Å². The van der Waals surface area contributed by atoms with Crippen LogP contribution < -0.4 is 5.43 Å². The SMILES string of the molecule is CCOC1=C(OC)C(C)=N[N]1. The normalized spacial score (nSPS) is 16.1. The van der Waals surface area contributed by atoms with Crippen LogP contribution in [-0.2, 0) is 9.47 Å². The van der Waals surface area contributed by atoms with Crippen molar-refractivity contribution in [2.45, 2.75) is 13.8 Å². The largest absolute Gasteiger partial charge is 0.490 e. The molecule has 1 aliphatic rings. The summed E-state index contributed by atoms with van der Waals surface area (Å²) in [6.07, 6.45) is 0. The molecule has 0 aromatic heterocycles. The molecular weight excluding hydrogens is 144 g/mol. The lowest BCUT2D eigenvalue weighted by Crippen LogP contribution is -2.03. The number of hydrogen-bond donors (Lipinski definition) is 0. The molecule has 4 heteroatoms. The van der Waals surface area contributed by atoms with Crippen LogP contribution in [0.3, 0.4) is 0 Å². The lowest BCUT2D eigenvalue weighted by atomic mass is 10.4. The Kier molecular flexibility index (Phi) is 2.36. The monoisotopic (exact) mass is 155 g/mol. The fourth-order valence-corrected chi connectivity index (χ4v) is 0.832. The number of methoxy groups -OCH3 is 1. The maximum absolute atomic E-state index is 5.15. The molecule has 0 spiro atoms. The van der Waals surface area contributed by atoms with Gasteiger partial charge in [-0.3, -0.25) is 0 Å². The number of ether oxygens (including phenoxy) is 2. The Labute approximate surface area is 65.9 Å². The van der Waals surface area contributed by atoms with Gasteiger partial charge < -0.3 is 9.47 Å². The first-order valence-electron chi connectivity index (χ1n) is 3.46. The summed E-state index contributed by atoms with van der Waals surface area (Å²) >= 11 is 0. The molecule has 1 radical (unpaired) electrons. The summed E-state index contributed by atoms with van der Waals surface area (Å²) in [7, 11) is 1.58. The van der Waals surface area contributed by atoms with E-state index in [1.54, 1.807) is 7.11 Å². The number of nitrogens with zero attached hydrogens (tertiary/aromatic N) is 2. The van der Waals surface area contributed by atoms with E-state index >= 15 is 0 Å². The molecule has 0 N–H and O–H groups in total. The smallest absolute Gasteiger partial charge is 0.278 e. The first kappa shape index (κ1) is 7.91. The molecule has 0 unspecified atom stereocenters. The van der Waals surface area contributed by atoms with Crippen molar-refractivity contribution in [1.29, 1.82) is 0 Å². The fraction of sp³-hybridized carbons (Fsp3) is 0.571. The molecule has 1 rings (SSSR count). The van der Waals surface area contributed by atoms with Crippen molar-refractivity contribution < 1.29 is 9.47 Å². The Morgan fingerprint density at radius 3 is 2.73 bits per heavy atom. The van der Waals surface area contributed by atoms with Crippen molar-refractivity contribution in [3.05, 3.63) is 11.6 Å². The average molecular weight is 155 g/mol. The maximum atomic E-state index is 5.15. The van der Waals surface area contributed by atoms with Crippen LogP contribution in [0.15, 0.2) is 16.7 Å². The zero-order chi connectivity index (χ0) is 8.27. The molecule has 0 bridgehead atoms. The topological polar surface area (TPSA) is 44.9 Å². The van der Waals surface area contributed by atoms with Gasteiger partial charge in [0.25, 0.3) is 5.88 Å². The van der Waals surface area contributed by atoms with Gasteiger partial charge in [0.15, 0.2) is 0 Å². The second-order valence-electron chi connectivity index (χ2n) is 2.06. The van der Waals surface area contributed by atoms with E-state index in [0.717, 1.165) is 5.71 Å². The minimum Gasteiger partial charge on any atom is -0.490 e. The second kappa shape index (κ2) is 3.27. The minimum absolute atomic E-state index is 0.479. The molecule has 0 saturated heterocycles. The van der Waals surface area contributed by atoms with E-state index in [2.05, 4.69) is 10.5 Å². The van der Waals surface area contributed by atoms with Gasteiger partial charge in [0.05, 0.1) is 13.7 Å². The van der Waals surface area contributed by atoms with Gasteiger partial charge in [0.2, 0.25) is 5.76 Å². The molecule has 0 amide bonds. The summed E-state index contributed by atoms with van der Waals surface area (Å²) < 4.78 is 10.2. The molecule has 4 nitrogen and oxygen atoms in total. The third-order valence-corrected chi connectivity index (χ3v) is 1.30. The number of allylic oxidation sites excluding steroid dienone is 1. The van der Waals surface area contributed by atoms with Crippen LogP contribution >= 0.6 is 0 Å². The molecule has 0 aliphatic carbocycles. The first-order valence-corrected chi connectivity index (χ1v) is 3.46. The highest BCUT2D eigenvalue weighted by molar-refractivity contribution is 5.97. The standard InChI is InChI=1S/C7H11N2O2/c1-4-11-7-6(10-3)5(2)8-9-7/h4H2,1-3H3. The highest BCUT2D eigenvalue weighted by Gasteiger charge is 2.19. The summed E-state index contributed by atoms with van der Waals surface area (Å²) in [5, 5.41) is 3.81. The Balaban J connectivity index is 2.70. The zero-order valence-corrected chi connectivity index (χ0v) is 6.92. The van der Waals surface area contributed by atoms with Crippen LogP contribution in [0.25, 0.3) is 0 Å². The summed E-state index contributed by atoms with van der Waals surface area (Å²) in [5.74, 6) is 1.11.